The Bertz CT molecular complexity index is 796. The van der Waals surface area contributed by atoms with Crippen molar-refractivity contribution in [1.82, 2.24) is 10.2 Å². The number of amidine groups is 1. The van der Waals surface area contributed by atoms with Crippen LogP contribution in [0, 0.1) is 5.41 Å². The van der Waals surface area contributed by atoms with E-state index >= 15 is 0 Å². The van der Waals surface area contributed by atoms with Gasteiger partial charge in [0, 0.05) is 29.4 Å². The number of methoxy groups -OCH3 is 1. The van der Waals surface area contributed by atoms with E-state index in [2.05, 4.69) is 11.9 Å². The Kier molecular flexibility index (Phi) is 7.89. The first kappa shape index (κ1) is 23.7. The van der Waals surface area contributed by atoms with E-state index in [4.69, 9.17) is 10.1 Å². The maximum absolute atomic E-state index is 12.6. The Morgan fingerprint density at radius 1 is 1.23 bits per heavy atom. The summed E-state index contributed by atoms with van der Waals surface area (Å²) < 4.78 is 5.40. The molecule has 0 aromatic heterocycles. The Morgan fingerprint density at radius 3 is 2.33 bits per heavy atom. The van der Waals surface area contributed by atoms with E-state index in [-0.39, 0.29) is 35.7 Å². The van der Waals surface area contributed by atoms with Crippen molar-refractivity contribution in [3.8, 4) is 11.5 Å². The van der Waals surface area contributed by atoms with Gasteiger partial charge in [0.15, 0.2) is 5.84 Å². The number of benzene rings is 1. The van der Waals surface area contributed by atoms with E-state index in [0.717, 1.165) is 5.56 Å². The molecule has 7 heteroatoms. The number of aliphatic hydroxyl groups is 1. The molecular weight excluding hydrogens is 382 g/mol. The van der Waals surface area contributed by atoms with Gasteiger partial charge in [0.2, 0.25) is 0 Å². The van der Waals surface area contributed by atoms with Crippen LogP contribution in [-0.2, 0) is 4.79 Å². The third kappa shape index (κ3) is 5.33. The smallest absolute Gasteiger partial charge is 0.286 e. The molecule has 0 unspecified atom stereocenters. The number of hydrogen-bond acceptors (Lipinski definition) is 5. The van der Waals surface area contributed by atoms with Crippen LogP contribution in [0.3, 0.4) is 0 Å². The van der Waals surface area contributed by atoms with Gasteiger partial charge in [0.1, 0.15) is 11.5 Å². The summed E-state index contributed by atoms with van der Waals surface area (Å²) in [6, 6.07) is 3.11. The van der Waals surface area contributed by atoms with Gasteiger partial charge in [0.05, 0.1) is 13.2 Å². The van der Waals surface area contributed by atoms with E-state index in [0.29, 0.717) is 42.7 Å². The van der Waals surface area contributed by atoms with Crippen molar-refractivity contribution in [2.45, 2.75) is 77.5 Å². The molecule has 0 atom stereocenters. The summed E-state index contributed by atoms with van der Waals surface area (Å²) in [4.78, 5) is 14.3. The van der Waals surface area contributed by atoms with Crippen molar-refractivity contribution >= 4 is 17.4 Å². The average molecular weight is 418 g/mol. The van der Waals surface area contributed by atoms with Crippen molar-refractivity contribution in [1.29, 1.82) is 5.41 Å². The summed E-state index contributed by atoms with van der Waals surface area (Å²) in [5.41, 5.74) is 1.76. The molecule has 4 N–H and O–H groups in total. The number of ether oxygens (including phenoxy) is 1. The highest BCUT2D eigenvalue weighted by Crippen LogP contribution is 2.38. The number of nitrogens with one attached hydrogen (secondary N) is 2. The molecule has 0 aliphatic heterocycles. The standard InChI is InChI=1S/C23H35N3O4/c1-13(2)18-11-19(20(28)12-21(18)30-6)15(5)26(16-7-9-17(27)10-8-16)22(24)23(29)25-14(3)4/h11-14,16-17,24,27-28H,5,7-10H2,1-4,6H3,(H,25,29). The minimum absolute atomic E-state index is 0.0147. The summed E-state index contributed by atoms with van der Waals surface area (Å²) in [6.07, 6.45) is 2.09. The third-order valence-electron chi connectivity index (χ3n) is 5.48. The summed E-state index contributed by atoms with van der Waals surface area (Å²) in [7, 11) is 1.56. The predicted molar refractivity (Wildman–Crippen MR) is 119 cm³/mol. The van der Waals surface area contributed by atoms with Crippen LogP contribution < -0.4 is 10.1 Å². The van der Waals surface area contributed by atoms with Gasteiger partial charge in [0.25, 0.3) is 5.91 Å². The lowest BCUT2D eigenvalue weighted by Gasteiger charge is -2.38. The molecule has 7 nitrogen and oxygen atoms in total. The lowest BCUT2D eigenvalue weighted by Crippen LogP contribution is -2.49. The summed E-state index contributed by atoms with van der Waals surface area (Å²) in [5, 5.41) is 31.9. The van der Waals surface area contributed by atoms with Crippen molar-refractivity contribution in [3.05, 3.63) is 29.8 Å². The van der Waals surface area contributed by atoms with E-state index in [9.17, 15) is 15.0 Å². The summed E-state index contributed by atoms with van der Waals surface area (Å²) in [6.45, 7) is 11.9. The van der Waals surface area contributed by atoms with Crippen molar-refractivity contribution < 1.29 is 19.7 Å². The number of hydrogen-bond donors (Lipinski definition) is 4. The highest BCUT2D eigenvalue weighted by molar-refractivity contribution is 6.37. The van der Waals surface area contributed by atoms with Crippen LogP contribution in [-0.4, -0.2) is 52.2 Å². The molecule has 0 heterocycles. The minimum atomic E-state index is -0.491. The molecule has 0 bridgehead atoms. The maximum Gasteiger partial charge on any atom is 0.286 e. The molecule has 1 aliphatic carbocycles. The fourth-order valence-corrected chi connectivity index (χ4v) is 3.87. The van der Waals surface area contributed by atoms with Crippen molar-refractivity contribution in [3.63, 3.8) is 0 Å². The van der Waals surface area contributed by atoms with E-state index < -0.39 is 5.91 Å². The topological polar surface area (TPSA) is 106 Å². The molecule has 30 heavy (non-hydrogen) atoms. The lowest BCUT2D eigenvalue weighted by molar-refractivity contribution is -0.116. The van der Waals surface area contributed by atoms with Crippen LogP contribution in [0.5, 0.6) is 11.5 Å². The SMILES string of the molecule is C=C(c1cc(C(C)C)c(OC)cc1O)N(C(=N)C(=O)NC(C)C)C1CCC(O)CC1. The van der Waals surface area contributed by atoms with Gasteiger partial charge in [-0.3, -0.25) is 10.2 Å². The molecule has 1 fully saturated rings. The molecule has 0 saturated heterocycles. The van der Waals surface area contributed by atoms with E-state index in [1.54, 1.807) is 18.1 Å². The zero-order chi connectivity index (χ0) is 22.6. The normalized spacial score (nSPS) is 18.9. The quantitative estimate of drug-likeness (QED) is 0.418. The molecule has 0 radical (unpaired) electrons. The summed E-state index contributed by atoms with van der Waals surface area (Å²) >= 11 is 0. The first-order valence-corrected chi connectivity index (χ1v) is 10.5. The van der Waals surface area contributed by atoms with Crippen molar-refractivity contribution in [2.75, 3.05) is 7.11 Å². The average Bonchev–Trinajstić information content (AvgIpc) is 2.68. The Labute approximate surface area is 179 Å². The number of nitrogens with zero attached hydrogens (tertiary/aromatic N) is 1. The third-order valence-corrected chi connectivity index (χ3v) is 5.48. The van der Waals surface area contributed by atoms with Gasteiger partial charge in [-0.05, 0) is 57.1 Å². The van der Waals surface area contributed by atoms with Crippen LogP contribution in [0.15, 0.2) is 18.7 Å². The second kappa shape index (κ2) is 9.98. The first-order chi connectivity index (χ1) is 14.1. The van der Waals surface area contributed by atoms with Crippen LogP contribution in [0.1, 0.15) is 70.4 Å². The monoisotopic (exact) mass is 417 g/mol. The van der Waals surface area contributed by atoms with Gasteiger partial charge in [-0.2, -0.15) is 0 Å². The highest BCUT2D eigenvalue weighted by atomic mass is 16.5. The van der Waals surface area contributed by atoms with Gasteiger partial charge >= 0.3 is 0 Å². The highest BCUT2D eigenvalue weighted by Gasteiger charge is 2.32. The Balaban J connectivity index is 2.47. The maximum atomic E-state index is 12.6. The number of carbonyl (C=O) groups is 1. The van der Waals surface area contributed by atoms with E-state index in [1.165, 1.54) is 0 Å². The van der Waals surface area contributed by atoms with E-state index in [1.807, 2.05) is 33.8 Å². The molecule has 2 rings (SSSR count). The van der Waals surface area contributed by atoms with Crippen LogP contribution in [0.2, 0.25) is 0 Å². The van der Waals surface area contributed by atoms with Crippen molar-refractivity contribution in [2.24, 2.45) is 0 Å². The number of phenolic OH excluding ortho intramolecular Hbond substituents is 1. The summed E-state index contributed by atoms with van der Waals surface area (Å²) in [5.74, 6) is 0.0120. The number of rotatable bonds is 6. The zero-order valence-corrected chi connectivity index (χ0v) is 18.7. The molecule has 1 aliphatic rings. The Morgan fingerprint density at radius 2 is 1.83 bits per heavy atom. The molecule has 1 saturated carbocycles. The second-order valence-electron chi connectivity index (χ2n) is 8.52. The molecule has 1 aromatic rings. The van der Waals surface area contributed by atoms with Crippen LogP contribution in [0.4, 0.5) is 0 Å². The fraction of sp³-hybridized carbons (Fsp3) is 0.565. The number of aliphatic hydroxyl groups excluding tert-OH is 1. The Hall–Kier alpha value is -2.54. The fourth-order valence-electron chi connectivity index (χ4n) is 3.87. The number of phenols is 1. The molecule has 1 amide bonds. The first-order valence-electron chi connectivity index (χ1n) is 10.5. The number of aromatic hydroxyl groups is 1. The van der Waals surface area contributed by atoms with Crippen LogP contribution in [0.25, 0.3) is 5.70 Å². The molecule has 166 valence electrons. The zero-order valence-electron chi connectivity index (χ0n) is 18.7. The van der Waals surface area contributed by atoms with Gasteiger partial charge < -0.3 is 25.2 Å². The minimum Gasteiger partial charge on any atom is -0.507 e. The molecule has 0 spiro atoms. The number of amides is 1. The lowest BCUT2D eigenvalue weighted by atomic mass is 9.90. The predicted octanol–water partition coefficient (Wildman–Crippen LogP) is 3.60. The van der Waals surface area contributed by atoms with Crippen LogP contribution >= 0.6 is 0 Å². The van der Waals surface area contributed by atoms with Gasteiger partial charge in [-0.15, -0.1) is 0 Å². The molecule has 1 aromatic carbocycles. The largest absolute Gasteiger partial charge is 0.507 e. The van der Waals surface area contributed by atoms with Gasteiger partial charge in [-0.1, -0.05) is 20.4 Å². The van der Waals surface area contributed by atoms with Gasteiger partial charge in [-0.25, -0.2) is 0 Å². The second-order valence-corrected chi connectivity index (χ2v) is 8.52. The molecular formula is C23H35N3O4. The number of carbonyl (C=O) groups excluding carboxylic acids is 1.